The highest BCUT2D eigenvalue weighted by molar-refractivity contribution is 6.29. The molecule has 152 valence electrons. The van der Waals surface area contributed by atoms with E-state index in [9.17, 15) is 4.79 Å². The summed E-state index contributed by atoms with van der Waals surface area (Å²) < 4.78 is 0. The van der Waals surface area contributed by atoms with Gasteiger partial charge in [-0.2, -0.15) is 0 Å². The molecule has 0 saturated heterocycles. The Hall–Kier alpha value is -2.46. The Morgan fingerprint density at radius 2 is 2.00 bits per heavy atom. The fraction of sp³-hybridized carbons (Fsp3) is 0.375. The van der Waals surface area contributed by atoms with Crippen molar-refractivity contribution >= 4 is 42.1 Å². The normalized spacial score (nSPS) is 12.9. The third-order valence-corrected chi connectivity index (χ3v) is 5.36. The minimum Gasteiger partial charge on any atom is -0.346 e. The molecule has 2 aromatic rings. The van der Waals surface area contributed by atoms with Crippen LogP contribution in [-0.2, 0) is 6.42 Å². The first-order valence-corrected chi connectivity index (χ1v) is 10.8. The van der Waals surface area contributed by atoms with Crippen molar-refractivity contribution in [2.24, 2.45) is 4.99 Å². The number of hydrogen-bond acceptors (Lipinski definition) is 3. The summed E-state index contributed by atoms with van der Waals surface area (Å²) in [4.78, 5) is 20.5. The van der Waals surface area contributed by atoms with Gasteiger partial charge in [0.05, 0.1) is 12.0 Å². The molecule has 1 N–H and O–H groups in total. The lowest BCUT2D eigenvalue weighted by Gasteiger charge is -2.14. The van der Waals surface area contributed by atoms with Gasteiger partial charge >= 0.3 is 0 Å². The van der Waals surface area contributed by atoms with Crippen LogP contribution in [0.25, 0.3) is 12.2 Å². The Balaban J connectivity index is 1.86. The van der Waals surface area contributed by atoms with Gasteiger partial charge < -0.3 is 5.32 Å². The number of nitrogens with zero attached hydrogens (tertiary/aromatic N) is 2. The van der Waals surface area contributed by atoms with Gasteiger partial charge in [0.1, 0.15) is 5.15 Å². The van der Waals surface area contributed by atoms with Gasteiger partial charge in [-0.3, -0.25) is 9.79 Å². The van der Waals surface area contributed by atoms with Gasteiger partial charge in [-0.15, -0.1) is 0 Å². The average Bonchev–Trinajstić information content (AvgIpc) is 2.75. The van der Waals surface area contributed by atoms with E-state index in [1.165, 1.54) is 24.5 Å². The molecule has 0 fully saturated rings. The highest BCUT2D eigenvalue weighted by atomic mass is 35.5. The Morgan fingerprint density at radius 1 is 1.17 bits per heavy atom. The van der Waals surface area contributed by atoms with Crippen LogP contribution < -0.4 is 15.8 Å². The summed E-state index contributed by atoms with van der Waals surface area (Å²) in [7, 11) is 0. The number of benzene rings is 1. The summed E-state index contributed by atoms with van der Waals surface area (Å²) in [5.41, 5.74) is 3.71. The molecule has 0 saturated carbocycles. The summed E-state index contributed by atoms with van der Waals surface area (Å²) in [5.74, 6) is 0. The number of nitrogens with one attached hydrogen (secondary N) is 1. The number of fused-ring (bicyclic) bond motifs is 1. The molecule has 1 heterocycles. The van der Waals surface area contributed by atoms with Gasteiger partial charge in [-0.1, -0.05) is 56.0 Å². The number of carbonyl (C=O) groups is 1. The lowest BCUT2D eigenvalue weighted by Crippen LogP contribution is -2.34. The predicted molar refractivity (Wildman–Crippen MR) is 122 cm³/mol. The molecule has 0 radical (unpaired) electrons. The van der Waals surface area contributed by atoms with Crippen LogP contribution in [-0.4, -0.2) is 24.2 Å². The van der Waals surface area contributed by atoms with Crippen molar-refractivity contribution in [3.8, 4) is 0 Å². The first kappa shape index (κ1) is 21.3. The SMILES string of the molecule is CCCCCCN=CNc1c(C=O)cc(Cc2ccc(Cl)nc2)c2c1=CCCC=2. The molecule has 0 unspecified atom stereocenters. The third-order valence-electron chi connectivity index (χ3n) is 5.14. The van der Waals surface area contributed by atoms with Crippen molar-refractivity contribution in [2.45, 2.75) is 51.9 Å². The Kier molecular flexibility index (Phi) is 8.00. The topological polar surface area (TPSA) is 54.4 Å². The second kappa shape index (κ2) is 10.9. The largest absolute Gasteiger partial charge is 0.346 e. The Morgan fingerprint density at radius 3 is 2.72 bits per heavy atom. The minimum atomic E-state index is 0.484. The van der Waals surface area contributed by atoms with E-state index < -0.39 is 0 Å². The molecular formula is C24H28ClN3O. The smallest absolute Gasteiger partial charge is 0.152 e. The van der Waals surface area contributed by atoms with E-state index >= 15 is 0 Å². The Bertz CT molecular complexity index is 981. The number of hydrogen-bond donors (Lipinski definition) is 1. The number of unbranched alkanes of at least 4 members (excludes halogenated alkanes) is 3. The van der Waals surface area contributed by atoms with Gasteiger partial charge in [0.2, 0.25) is 0 Å². The molecule has 1 aliphatic carbocycles. The van der Waals surface area contributed by atoms with Gasteiger partial charge in [0, 0.05) is 23.5 Å². The maximum absolute atomic E-state index is 11.8. The minimum absolute atomic E-state index is 0.484. The van der Waals surface area contributed by atoms with Crippen LogP contribution in [0.1, 0.15) is 66.9 Å². The molecular weight excluding hydrogens is 382 g/mol. The molecule has 5 heteroatoms. The number of aldehydes is 1. The first-order chi connectivity index (χ1) is 14.2. The standard InChI is InChI=1S/C24H28ClN3O/c1-2-3-4-7-12-26-17-28-24-20(16-29)14-19(21-8-5-6-9-22(21)24)13-18-10-11-23(25)27-15-18/h8-11,14-17H,2-7,12-13H2,1H3,(H,26,28). The van der Waals surface area contributed by atoms with E-state index in [0.29, 0.717) is 17.1 Å². The highest BCUT2D eigenvalue weighted by Crippen LogP contribution is 2.14. The zero-order chi connectivity index (χ0) is 20.5. The van der Waals surface area contributed by atoms with Crippen molar-refractivity contribution in [1.29, 1.82) is 0 Å². The molecule has 0 bridgehead atoms. The van der Waals surface area contributed by atoms with E-state index in [4.69, 9.17) is 11.6 Å². The van der Waals surface area contributed by atoms with E-state index in [0.717, 1.165) is 54.1 Å². The van der Waals surface area contributed by atoms with E-state index in [-0.39, 0.29) is 0 Å². The lowest BCUT2D eigenvalue weighted by molar-refractivity contribution is 0.112. The molecule has 1 aromatic heterocycles. The fourth-order valence-electron chi connectivity index (χ4n) is 3.65. The molecule has 0 spiro atoms. The van der Waals surface area contributed by atoms with Crippen molar-refractivity contribution in [1.82, 2.24) is 4.98 Å². The van der Waals surface area contributed by atoms with E-state index in [1.807, 2.05) is 12.1 Å². The number of carbonyl (C=O) groups excluding carboxylic acids is 1. The van der Waals surface area contributed by atoms with Crippen LogP contribution in [0.15, 0.2) is 29.4 Å². The van der Waals surface area contributed by atoms with Crippen molar-refractivity contribution in [2.75, 3.05) is 11.9 Å². The van der Waals surface area contributed by atoms with Crippen LogP contribution in [0.5, 0.6) is 0 Å². The summed E-state index contributed by atoms with van der Waals surface area (Å²) in [5, 5.41) is 6.05. The highest BCUT2D eigenvalue weighted by Gasteiger charge is 2.11. The maximum Gasteiger partial charge on any atom is 0.152 e. The molecule has 0 aliphatic heterocycles. The number of pyridine rings is 1. The lowest BCUT2D eigenvalue weighted by atomic mass is 9.95. The molecule has 0 atom stereocenters. The van der Waals surface area contributed by atoms with Gasteiger partial charge in [0.25, 0.3) is 0 Å². The second-order valence-corrected chi connectivity index (χ2v) is 7.72. The summed E-state index contributed by atoms with van der Waals surface area (Å²) in [6.07, 6.45) is 16.4. The molecule has 0 amide bonds. The summed E-state index contributed by atoms with van der Waals surface area (Å²) >= 11 is 5.91. The molecule has 4 nitrogen and oxygen atoms in total. The van der Waals surface area contributed by atoms with E-state index in [2.05, 4.69) is 34.4 Å². The van der Waals surface area contributed by atoms with Gasteiger partial charge in [0.15, 0.2) is 6.29 Å². The summed E-state index contributed by atoms with van der Waals surface area (Å²) in [6, 6.07) is 5.76. The van der Waals surface area contributed by atoms with Crippen molar-refractivity contribution < 1.29 is 4.79 Å². The molecule has 1 aliphatic rings. The van der Waals surface area contributed by atoms with Crippen molar-refractivity contribution in [3.05, 3.63) is 56.7 Å². The predicted octanol–water partition coefficient (Wildman–Crippen LogP) is 4.51. The zero-order valence-corrected chi connectivity index (χ0v) is 17.7. The number of aliphatic imine (C=N–C) groups is 1. The number of aromatic nitrogens is 1. The average molecular weight is 410 g/mol. The van der Waals surface area contributed by atoms with Crippen LogP contribution >= 0.6 is 11.6 Å². The third kappa shape index (κ3) is 5.77. The second-order valence-electron chi connectivity index (χ2n) is 7.34. The molecule has 29 heavy (non-hydrogen) atoms. The van der Waals surface area contributed by atoms with Crippen LogP contribution in [0.3, 0.4) is 0 Å². The summed E-state index contributed by atoms with van der Waals surface area (Å²) in [6.45, 7) is 3.01. The Labute approximate surface area is 177 Å². The molecule has 1 aromatic carbocycles. The fourth-order valence-corrected chi connectivity index (χ4v) is 3.76. The molecule has 3 rings (SSSR count). The number of rotatable bonds is 10. The number of anilines is 1. The quantitative estimate of drug-likeness (QED) is 0.206. The van der Waals surface area contributed by atoms with Gasteiger partial charge in [-0.25, -0.2) is 4.98 Å². The van der Waals surface area contributed by atoms with E-state index in [1.54, 1.807) is 18.6 Å². The van der Waals surface area contributed by atoms with Crippen LogP contribution in [0, 0.1) is 0 Å². The van der Waals surface area contributed by atoms with Crippen LogP contribution in [0.4, 0.5) is 5.69 Å². The van der Waals surface area contributed by atoms with Gasteiger partial charge in [-0.05, 0) is 54.2 Å². The number of halogens is 1. The monoisotopic (exact) mass is 409 g/mol. The van der Waals surface area contributed by atoms with Crippen LogP contribution in [0.2, 0.25) is 5.15 Å². The van der Waals surface area contributed by atoms with Crippen molar-refractivity contribution in [3.63, 3.8) is 0 Å². The maximum atomic E-state index is 11.8. The first-order valence-electron chi connectivity index (χ1n) is 10.4. The zero-order valence-electron chi connectivity index (χ0n) is 17.0.